The molecule has 0 aromatic carbocycles. The summed E-state index contributed by atoms with van der Waals surface area (Å²) < 4.78 is 0. The van der Waals surface area contributed by atoms with Gasteiger partial charge >= 0.3 is 0 Å². The molecule has 1 heterocycles. The van der Waals surface area contributed by atoms with Gasteiger partial charge in [-0.1, -0.05) is 13.8 Å². The van der Waals surface area contributed by atoms with E-state index in [0.29, 0.717) is 17.9 Å². The molecule has 0 radical (unpaired) electrons. The van der Waals surface area contributed by atoms with E-state index < -0.39 is 0 Å². The van der Waals surface area contributed by atoms with Gasteiger partial charge in [0.1, 0.15) is 0 Å². The highest BCUT2D eigenvalue weighted by Crippen LogP contribution is 2.23. The quantitative estimate of drug-likeness (QED) is 0.658. The van der Waals surface area contributed by atoms with Gasteiger partial charge in [-0.05, 0) is 32.1 Å². The summed E-state index contributed by atoms with van der Waals surface area (Å²) in [6.45, 7) is 7.42. The van der Waals surface area contributed by atoms with Crippen molar-refractivity contribution in [2.45, 2.75) is 52.5 Å². The fourth-order valence-corrected chi connectivity index (χ4v) is 2.22. The number of likely N-dealkylation sites (tertiary alicyclic amines) is 1. The lowest BCUT2D eigenvalue weighted by Gasteiger charge is -2.35. The highest BCUT2D eigenvalue weighted by molar-refractivity contribution is 5.77. The van der Waals surface area contributed by atoms with Crippen LogP contribution in [0.15, 0.2) is 0 Å². The minimum absolute atomic E-state index is 0.361. The summed E-state index contributed by atoms with van der Waals surface area (Å²) in [5.74, 6) is 1.06. The second kappa shape index (κ2) is 4.64. The van der Waals surface area contributed by atoms with Crippen LogP contribution in [0.3, 0.4) is 0 Å². The van der Waals surface area contributed by atoms with Gasteiger partial charge in [-0.3, -0.25) is 4.79 Å². The van der Waals surface area contributed by atoms with E-state index in [1.807, 2.05) is 0 Å². The molecule has 1 rings (SSSR count). The van der Waals surface area contributed by atoms with Crippen LogP contribution in [0.5, 0.6) is 0 Å². The summed E-state index contributed by atoms with van der Waals surface area (Å²) in [4.78, 5) is 13.6. The molecule has 1 atom stereocenters. The van der Waals surface area contributed by atoms with Gasteiger partial charge in [0.05, 0.1) is 0 Å². The molecular weight excluding hydrogens is 162 g/mol. The molecule has 76 valence electrons. The first-order valence-corrected chi connectivity index (χ1v) is 5.44. The molecule has 1 unspecified atom stereocenters. The van der Waals surface area contributed by atoms with Gasteiger partial charge in [0.25, 0.3) is 0 Å². The maximum atomic E-state index is 11.5. The number of rotatable bonds is 3. The fourth-order valence-electron chi connectivity index (χ4n) is 2.22. The number of hydrogen-bond donors (Lipinski definition) is 0. The van der Waals surface area contributed by atoms with Crippen molar-refractivity contribution in [1.82, 2.24) is 4.90 Å². The van der Waals surface area contributed by atoms with Crippen LogP contribution in [0.4, 0.5) is 0 Å². The first-order valence-electron chi connectivity index (χ1n) is 5.44. The van der Waals surface area contributed by atoms with Crippen LogP contribution >= 0.6 is 0 Å². The molecule has 0 saturated carbocycles. The molecule has 1 aliphatic heterocycles. The Labute approximate surface area is 81.3 Å². The second-order valence-electron chi connectivity index (χ2n) is 4.36. The largest absolute Gasteiger partial charge is 0.340 e. The number of carbonyl (C=O) groups excluding carboxylic acids is 1. The Balaban J connectivity index is 2.54. The van der Waals surface area contributed by atoms with Gasteiger partial charge in [0, 0.05) is 19.0 Å². The SMILES string of the molecule is CCN1C(=O)CCCC1CC(C)C. The van der Waals surface area contributed by atoms with Crippen LogP contribution in [0, 0.1) is 5.92 Å². The van der Waals surface area contributed by atoms with Crippen LogP contribution < -0.4 is 0 Å². The zero-order valence-corrected chi connectivity index (χ0v) is 9.05. The van der Waals surface area contributed by atoms with Gasteiger partial charge in [0.2, 0.25) is 5.91 Å². The normalized spacial score (nSPS) is 24.2. The maximum Gasteiger partial charge on any atom is 0.222 e. The third-order valence-electron chi connectivity index (χ3n) is 2.77. The molecule has 0 bridgehead atoms. The van der Waals surface area contributed by atoms with E-state index >= 15 is 0 Å². The Kier molecular flexibility index (Phi) is 3.76. The average molecular weight is 183 g/mol. The molecular formula is C11H21NO. The molecule has 1 saturated heterocycles. The van der Waals surface area contributed by atoms with Crippen molar-refractivity contribution in [3.63, 3.8) is 0 Å². The standard InChI is InChI=1S/C11H21NO/c1-4-12-10(8-9(2)3)6-5-7-11(12)13/h9-10H,4-8H2,1-3H3. The Morgan fingerprint density at radius 2 is 2.23 bits per heavy atom. The third-order valence-corrected chi connectivity index (χ3v) is 2.77. The summed E-state index contributed by atoms with van der Waals surface area (Å²) in [6, 6.07) is 0.520. The van der Waals surface area contributed by atoms with Gasteiger partial charge in [-0.25, -0.2) is 0 Å². The third kappa shape index (κ3) is 2.71. The van der Waals surface area contributed by atoms with E-state index in [1.165, 1.54) is 12.8 Å². The van der Waals surface area contributed by atoms with Crippen molar-refractivity contribution in [2.24, 2.45) is 5.92 Å². The fraction of sp³-hybridized carbons (Fsp3) is 0.909. The second-order valence-corrected chi connectivity index (χ2v) is 4.36. The van der Waals surface area contributed by atoms with Gasteiger partial charge in [0.15, 0.2) is 0 Å². The summed E-state index contributed by atoms with van der Waals surface area (Å²) in [5.41, 5.74) is 0. The summed E-state index contributed by atoms with van der Waals surface area (Å²) in [6.07, 6.45) is 4.23. The van der Waals surface area contributed by atoms with Crippen LogP contribution in [-0.2, 0) is 4.79 Å². The summed E-state index contributed by atoms with van der Waals surface area (Å²) in [5, 5.41) is 0. The predicted molar refractivity (Wildman–Crippen MR) is 54.5 cm³/mol. The molecule has 0 aromatic heterocycles. The lowest BCUT2D eigenvalue weighted by molar-refractivity contribution is -0.136. The van der Waals surface area contributed by atoms with Crippen molar-refractivity contribution >= 4 is 5.91 Å². The minimum atomic E-state index is 0.361. The molecule has 0 spiro atoms. The Morgan fingerprint density at radius 3 is 2.77 bits per heavy atom. The van der Waals surface area contributed by atoms with Gasteiger partial charge < -0.3 is 4.90 Å². The smallest absolute Gasteiger partial charge is 0.222 e. The van der Waals surface area contributed by atoms with Crippen molar-refractivity contribution in [3.8, 4) is 0 Å². The highest BCUT2D eigenvalue weighted by atomic mass is 16.2. The van der Waals surface area contributed by atoms with Crippen LogP contribution in [0.1, 0.15) is 46.5 Å². The number of amides is 1. The topological polar surface area (TPSA) is 20.3 Å². The Hall–Kier alpha value is -0.530. The van der Waals surface area contributed by atoms with Gasteiger partial charge in [-0.15, -0.1) is 0 Å². The molecule has 2 heteroatoms. The van der Waals surface area contributed by atoms with Crippen molar-refractivity contribution in [3.05, 3.63) is 0 Å². The van der Waals surface area contributed by atoms with E-state index in [4.69, 9.17) is 0 Å². The summed E-state index contributed by atoms with van der Waals surface area (Å²) >= 11 is 0. The van der Waals surface area contributed by atoms with Crippen LogP contribution in [0.2, 0.25) is 0 Å². The summed E-state index contributed by atoms with van der Waals surface area (Å²) in [7, 11) is 0. The number of nitrogens with zero attached hydrogens (tertiary/aromatic N) is 1. The predicted octanol–water partition coefficient (Wildman–Crippen LogP) is 2.43. The molecule has 1 amide bonds. The molecule has 2 nitrogen and oxygen atoms in total. The van der Waals surface area contributed by atoms with E-state index in [9.17, 15) is 4.79 Å². The molecule has 1 fully saturated rings. The van der Waals surface area contributed by atoms with Crippen LogP contribution in [0.25, 0.3) is 0 Å². The first-order chi connectivity index (χ1) is 6.15. The van der Waals surface area contributed by atoms with Crippen LogP contribution in [-0.4, -0.2) is 23.4 Å². The number of carbonyl (C=O) groups is 1. The lowest BCUT2D eigenvalue weighted by Crippen LogP contribution is -2.43. The highest BCUT2D eigenvalue weighted by Gasteiger charge is 2.26. The zero-order chi connectivity index (χ0) is 9.84. The van der Waals surface area contributed by atoms with E-state index in [1.54, 1.807) is 0 Å². The molecule has 0 aliphatic carbocycles. The van der Waals surface area contributed by atoms with Gasteiger partial charge in [-0.2, -0.15) is 0 Å². The van der Waals surface area contributed by atoms with Crippen molar-refractivity contribution in [1.29, 1.82) is 0 Å². The molecule has 0 aromatic rings. The van der Waals surface area contributed by atoms with E-state index in [0.717, 1.165) is 19.4 Å². The molecule has 1 aliphatic rings. The number of hydrogen-bond acceptors (Lipinski definition) is 1. The lowest BCUT2D eigenvalue weighted by atomic mass is 9.94. The number of piperidine rings is 1. The molecule has 0 N–H and O–H groups in total. The monoisotopic (exact) mass is 183 g/mol. The Bertz CT molecular complexity index is 177. The molecule has 13 heavy (non-hydrogen) atoms. The Morgan fingerprint density at radius 1 is 1.54 bits per heavy atom. The van der Waals surface area contributed by atoms with Crippen molar-refractivity contribution < 1.29 is 4.79 Å². The van der Waals surface area contributed by atoms with E-state index in [2.05, 4.69) is 25.7 Å². The van der Waals surface area contributed by atoms with E-state index in [-0.39, 0.29) is 0 Å². The zero-order valence-electron chi connectivity index (χ0n) is 9.05. The minimum Gasteiger partial charge on any atom is -0.340 e. The maximum absolute atomic E-state index is 11.5. The van der Waals surface area contributed by atoms with Crippen molar-refractivity contribution in [2.75, 3.05) is 6.54 Å². The first kappa shape index (κ1) is 10.6. The average Bonchev–Trinajstić information content (AvgIpc) is 2.03.